The Morgan fingerprint density at radius 3 is 2.89 bits per heavy atom. The molecule has 3 rings (SSSR count). The summed E-state index contributed by atoms with van der Waals surface area (Å²) >= 11 is 0. The maximum atomic E-state index is 12.5. The Labute approximate surface area is 159 Å². The standard InChI is InChI=1S/C19H27N7O/c1-2-6-22-19-24-10-15(11-25-19)13-26-9-8-21-17(14-26)18(27)23-12-16-5-3-4-7-20-16/h3-5,7,10-11,17,21H,2,6,8-9,12-14H2,1H3,(H,23,27)(H,22,24,25). The quantitative estimate of drug-likeness (QED) is 0.633. The van der Waals surface area contributed by atoms with E-state index in [0.717, 1.165) is 43.9 Å². The van der Waals surface area contributed by atoms with Gasteiger partial charge in [-0.1, -0.05) is 13.0 Å². The Bertz CT molecular complexity index is 708. The van der Waals surface area contributed by atoms with E-state index in [1.54, 1.807) is 6.20 Å². The van der Waals surface area contributed by atoms with Gasteiger partial charge in [-0.2, -0.15) is 0 Å². The smallest absolute Gasteiger partial charge is 0.238 e. The van der Waals surface area contributed by atoms with Gasteiger partial charge in [0.2, 0.25) is 11.9 Å². The number of piperazine rings is 1. The van der Waals surface area contributed by atoms with E-state index in [9.17, 15) is 4.79 Å². The van der Waals surface area contributed by atoms with Crippen molar-refractivity contribution in [3.8, 4) is 0 Å². The number of nitrogens with one attached hydrogen (secondary N) is 3. The van der Waals surface area contributed by atoms with E-state index in [1.165, 1.54) is 0 Å². The third-order valence-electron chi connectivity index (χ3n) is 4.39. The van der Waals surface area contributed by atoms with E-state index in [2.05, 4.69) is 42.7 Å². The fourth-order valence-corrected chi connectivity index (χ4v) is 2.96. The number of amides is 1. The predicted octanol–water partition coefficient (Wildman–Crippen LogP) is 0.784. The van der Waals surface area contributed by atoms with Crippen LogP contribution in [0.15, 0.2) is 36.8 Å². The zero-order chi connectivity index (χ0) is 18.9. The van der Waals surface area contributed by atoms with E-state index in [4.69, 9.17) is 0 Å². The first kappa shape index (κ1) is 19.2. The third-order valence-corrected chi connectivity index (χ3v) is 4.39. The number of rotatable bonds is 8. The lowest BCUT2D eigenvalue weighted by Crippen LogP contribution is -2.56. The van der Waals surface area contributed by atoms with Gasteiger partial charge in [-0.15, -0.1) is 0 Å². The van der Waals surface area contributed by atoms with Crippen molar-refractivity contribution in [1.29, 1.82) is 0 Å². The number of aromatic nitrogens is 3. The topological polar surface area (TPSA) is 95.1 Å². The maximum Gasteiger partial charge on any atom is 0.238 e. The molecule has 2 aromatic rings. The van der Waals surface area contributed by atoms with Gasteiger partial charge in [-0.3, -0.25) is 14.7 Å². The second-order valence-corrected chi connectivity index (χ2v) is 6.62. The fraction of sp³-hybridized carbons (Fsp3) is 0.474. The summed E-state index contributed by atoms with van der Waals surface area (Å²) in [5.41, 5.74) is 1.90. The van der Waals surface area contributed by atoms with Gasteiger partial charge in [0.15, 0.2) is 0 Å². The molecule has 1 aliphatic heterocycles. The molecule has 0 bridgehead atoms. The minimum Gasteiger partial charge on any atom is -0.354 e. The highest BCUT2D eigenvalue weighted by Crippen LogP contribution is 2.08. The number of carbonyl (C=O) groups is 1. The summed E-state index contributed by atoms with van der Waals surface area (Å²) in [5, 5.41) is 9.42. The van der Waals surface area contributed by atoms with Crippen molar-refractivity contribution in [2.45, 2.75) is 32.5 Å². The van der Waals surface area contributed by atoms with Gasteiger partial charge in [-0.25, -0.2) is 9.97 Å². The molecule has 2 aromatic heterocycles. The Hall–Kier alpha value is -2.58. The molecule has 8 heteroatoms. The van der Waals surface area contributed by atoms with Crippen LogP contribution < -0.4 is 16.0 Å². The summed E-state index contributed by atoms with van der Waals surface area (Å²) in [7, 11) is 0. The Morgan fingerprint density at radius 1 is 1.30 bits per heavy atom. The largest absolute Gasteiger partial charge is 0.354 e. The SMILES string of the molecule is CCCNc1ncc(CN2CCNC(C(=O)NCc3ccccn3)C2)cn1. The monoisotopic (exact) mass is 369 g/mol. The van der Waals surface area contributed by atoms with E-state index < -0.39 is 0 Å². The summed E-state index contributed by atoms with van der Waals surface area (Å²) in [6, 6.07) is 5.45. The highest BCUT2D eigenvalue weighted by Gasteiger charge is 2.25. The number of carbonyl (C=O) groups excluding carboxylic acids is 1. The molecule has 1 saturated heterocycles. The summed E-state index contributed by atoms with van der Waals surface area (Å²) in [4.78, 5) is 27.6. The molecule has 0 saturated carbocycles. The Morgan fingerprint density at radius 2 is 2.15 bits per heavy atom. The van der Waals surface area contributed by atoms with Crippen molar-refractivity contribution < 1.29 is 4.79 Å². The highest BCUT2D eigenvalue weighted by atomic mass is 16.2. The summed E-state index contributed by atoms with van der Waals surface area (Å²) < 4.78 is 0. The van der Waals surface area contributed by atoms with Crippen LogP contribution in [0.1, 0.15) is 24.6 Å². The number of nitrogens with zero attached hydrogens (tertiary/aromatic N) is 4. The summed E-state index contributed by atoms with van der Waals surface area (Å²) in [5.74, 6) is 0.661. The van der Waals surface area contributed by atoms with Crippen molar-refractivity contribution in [1.82, 2.24) is 30.5 Å². The summed E-state index contributed by atoms with van der Waals surface area (Å²) in [6.45, 7) is 6.47. The second-order valence-electron chi connectivity index (χ2n) is 6.62. The van der Waals surface area contributed by atoms with Gasteiger partial charge in [0.1, 0.15) is 0 Å². The molecule has 1 amide bonds. The van der Waals surface area contributed by atoms with Gasteiger partial charge >= 0.3 is 0 Å². The molecule has 0 aromatic carbocycles. The molecule has 1 atom stereocenters. The molecule has 144 valence electrons. The van der Waals surface area contributed by atoms with Crippen LogP contribution in [-0.4, -0.2) is 58.0 Å². The molecule has 1 aliphatic rings. The lowest BCUT2D eigenvalue weighted by atomic mass is 10.1. The second kappa shape index (κ2) is 9.94. The van der Waals surface area contributed by atoms with Crippen LogP contribution in [0.2, 0.25) is 0 Å². The van der Waals surface area contributed by atoms with E-state index in [-0.39, 0.29) is 11.9 Å². The average Bonchev–Trinajstić information content (AvgIpc) is 2.72. The first-order valence-corrected chi connectivity index (χ1v) is 9.42. The lowest BCUT2D eigenvalue weighted by molar-refractivity contribution is -0.124. The van der Waals surface area contributed by atoms with Crippen LogP contribution in [0, 0.1) is 0 Å². The minimum atomic E-state index is -0.228. The van der Waals surface area contributed by atoms with Gasteiger partial charge < -0.3 is 16.0 Å². The molecule has 1 fully saturated rings. The van der Waals surface area contributed by atoms with Gasteiger partial charge in [0.25, 0.3) is 0 Å². The normalized spacial score (nSPS) is 17.4. The molecule has 1 unspecified atom stereocenters. The summed E-state index contributed by atoms with van der Waals surface area (Å²) in [6.07, 6.45) is 6.47. The Kier molecular flexibility index (Phi) is 7.06. The number of hydrogen-bond acceptors (Lipinski definition) is 7. The van der Waals surface area contributed by atoms with Crippen molar-refractivity contribution in [2.75, 3.05) is 31.5 Å². The molecule has 3 N–H and O–H groups in total. The third kappa shape index (κ3) is 5.97. The molecular weight excluding hydrogens is 342 g/mol. The van der Waals surface area contributed by atoms with Crippen LogP contribution in [0.25, 0.3) is 0 Å². The van der Waals surface area contributed by atoms with Crippen molar-refractivity contribution in [2.24, 2.45) is 0 Å². The predicted molar refractivity (Wildman–Crippen MR) is 104 cm³/mol. The molecule has 0 spiro atoms. The molecule has 3 heterocycles. The van der Waals surface area contributed by atoms with Crippen LogP contribution >= 0.6 is 0 Å². The van der Waals surface area contributed by atoms with Crippen LogP contribution in [0.3, 0.4) is 0 Å². The van der Waals surface area contributed by atoms with E-state index in [0.29, 0.717) is 19.0 Å². The van der Waals surface area contributed by atoms with Crippen molar-refractivity contribution in [3.05, 3.63) is 48.0 Å². The number of hydrogen-bond donors (Lipinski definition) is 3. The number of anilines is 1. The Balaban J connectivity index is 1.47. The zero-order valence-electron chi connectivity index (χ0n) is 15.7. The first-order valence-electron chi connectivity index (χ1n) is 9.42. The van der Waals surface area contributed by atoms with Gasteiger partial charge in [-0.05, 0) is 18.6 Å². The van der Waals surface area contributed by atoms with Crippen molar-refractivity contribution in [3.63, 3.8) is 0 Å². The highest BCUT2D eigenvalue weighted by molar-refractivity contribution is 5.82. The van der Waals surface area contributed by atoms with E-state index in [1.807, 2.05) is 30.6 Å². The average molecular weight is 369 g/mol. The molecular formula is C19H27N7O. The maximum absolute atomic E-state index is 12.5. The van der Waals surface area contributed by atoms with Gasteiger partial charge in [0, 0.05) is 56.9 Å². The lowest BCUT2D eigenvalue weighted by Gasteiger charge is -2.32. The van der Waals surface area contributed by atoms with Crippen LogP contribution in [-0.2, 0) is 17.9 Å². The molecule has 27 heavy (non-hydrogen) atoms. The van der Waals surface area contributed by atoms with Crippen molar-refractivity contribution >= 4 is 11.9 Å². The number of pyridine rings is 1. The first-order chi connectivity index (χ1) is 13.2. The van der Waals surface area contributed by atoms with Crippen LogP contribution in [0.5, 0.6) is 0 Å². The molecule has 8 nitrogen and oxygen atoms in total. The van der Waals surface area contributed by atoms with E-state index >= 15 is 0 Å². The minimum absolute atomic E-state index is 0.000664. The van der Waals surface area contributed by atoms with Crippen LogP contribution in [0.4, 0.5) is 5.95 Å². The zero-order valence-corrected chi connectivity index (χ0v) is 15.7. The molecule has 0 aliphatic carbocycles. The van der Waals surface area contributed by atoms with Gasteiger partial charge in [0.05, 0.1) is 18.3 Å². The molecule has 0 radical (unpaired) electrons. The fourth-order valence-electron chi connectivity index (χ4n) is 2.96.